The lowest BCUT2D eigenvalue weighted by Crippen LogP contribution is -1.91. The fourth-order valence-corrected chi connectivity index (χ4v) is 1.81. The summed E-state index contributed by atoms with van der Waals surface area (Å²) in [5.74, 6) is 0.0543. The molecular weight excluding hydrogens is 214 g/mol. The predicted octanol–water partition coefficient (Wildman–Crippen LogP) is 2.76. The van der Waals surface area contributed by atoms with Crippen LogP contribution in [-0.4, -0.2) is 11.4 Å². The molecule has 17 heavy (non-hydrogen) atoms. The number of hydrogen-bond donors (Lipinski definition) is 2. The Kier molecular flexibility index (Phi) is 2.83. The molecule has 0 aliphatic heterocycles. The largest absolute Gasteiger partial charge is 0.505 e. The van der Waals surface area contributed by atoms with Crippen LogP contribution >= 0.6 is 0 Å². The molecule has 0 heterocycles. The Morgan fingerprint density at radius 2 is 2.00 bits per heavy atom. The second-order valence-electron chi connectivity index (χ2n) is 3.99. The molecule has 0 saturated heterocycles. The van der Waals surface area contributed by atoms with E-state index in [1.165, 1.54) is 0 Å². The van der Waals surface area contributed by atoms with E-state index in [9.17, 15) is 9.90 Å². The highest BCUT2D eigenvalue weighted by Gasteiger charge is 2.08. The third-order valence-corrected chi connectivity index (χ3v) is 2.62. The van der Waals surface area contributed by atoms with Crippen LogP contribution in [0.25, 0.3) is 11.1 Å². The third-order valence-electron chi connectivity index (χ3n) is 2.62. The first-order valence-corrected chi connectivity index (χ1v) is 5.26. The lowest BCUT2D eigenvalue weighted by Gasteiger charge is -2.09. The maximum atomic E-state index is 10.7. The van der Waals surface area contributed by atoms with Crippen molar-refractivity contribution < 1.29 is 9.90 Å². The molecule has 3 N–H and O–H groups in total. The summed E-state index contributed by atoms with van der Waals surface area (Å²) < 4.78 is 0. The van der Waals surface area contributed by atoms with Crippen molar-refractivity contribution in [2.75, 3.05) is 5.73 Å². The first-order valence-electron chi connectivity index (χ1n) is 5.26. The van der Waals surface area contributed by atoms with Crippen LogP contribution in [0, 0.1) is 6.92 Å². The molecule has 0 aliphatic carbocycles. The number of aromatic hydroxyl groups is 1. The van der Waals surface area contributed by atoms with E-state index < -0.39 is 0 Å². The summed E-state index contributed by atoms with van der Waals surface area (Å²) in [5, 5.41) is 9.93. The van der Waals surface area contributed by atoms with Crippen molar-refractivity contribution in [1.82, 2.24) is 0 Å². The van der Waals surface area contributed by atoms with Gasteiger partial charge in [-0.05, 0) is 36.2 Å². The first-order chi connectivity index (χ1) is 8.11. The van der Waals surface area contributed by atoms with E-state index in [2.05, 4.69) is 0 Å². The molecule has 0 spiro atoms. The van der Waals surface area contributed by atoms with E-state index in [4.69, 9.17) is 5.73 Å². The topological polar surface area (TPSA) is 63.3 Å². The first kappa shape index (κ1) is 11.2. The van der Waals surface area contributed by atoms with E-state index >= 15 is 0 Å². The average Bonchev–Trinajstić information content (AvgIpc) is 2.34. The molecule has 2 rings (SSSR count). The van der Waals surface area contributed by atoms with E-state index in [0.717, 1.165) is 17.4 Å². The van der Waals surface area contributed by atoms with Crippen LogP contribution in [0.3, 0.4) is 0 Å². The van der Waals surface area contributed by atoms with Crippen molar-refractivity contribution >= 4 is 12.0 Å². The predicted molar refractivity (Wildman–Crippen MR) is 68.1 cm³/mol. The summed E-state index contributed by atoms with van der Waals surface area (Å²) >= 11 is 0. The summed E-state index contributed by atoms with van der Waals surface area (Å²) in [4.78, 5) is 10.7. The Balaban J connectivity index is 2.63. The van der Waals surface area contributed by atoms with Crippen LogP contribution in [0.4, 0.5) is 5.69 Å². The van der Waals surface area contributed by atoms with Gasteiger partial charge in [0.05, 0.1) is 5.69 Å². The minimum absolute atomic E-state index is 0.0543. The fraction of sp³-hybridized carbons (Fsp3) is 0.0714. The highest BCUT2D eigenvalue weighted by atomic mass is 16.3. The standard InChI is InChI=1S/C14H13NO2/c1-9-5-12(14(17)13(15)6-9)11-4-2-3-10(7-11)8-16/h2-8,17H,15H2,1H3. The van der Waals surface area contributed by atoms with Gasteiger partial charge in [0.15, 0.2) is 0 Å². The molecule has 0 radical (unpaired) electrons. The average molecular weight is 227 g/mol. The Labute approximate surface area is 99.5 Å². The number of hydrogen-bond acceptors (Lipinski definition) is 3. The summed E-state index contributed by atoms with van der Waals surface area (Å²) in [6.07, 6.45) is 0.777. The van der Waals surface area contributed by atoms with Crippen LogP contribution in [0.5, 0.6) is 5.75 Å². The number of phenolic OH excluding ortho intramolecular Hbond substituents is 1. The van der Waals surface area contributed by atoms with Gasteiger partial charge in [0.25, 0.3) is 0 Å². The maximum Gasteiger partial charge on any atom is 0.150 e. The van der Waals surface area contributed by atoms with E-state index in [0.29, 0.717) is 16.8 Å². The van der Waals surface area contributed by atoms with Gasteiger partial charge in [-0.25, -0.2) is 0 Å². The SMILES string of the molecule is Cc1cc(N)c(O)c(-c2cccc(C=O)c2)c1. The summed E-state index contributed by atoms with van der Waals surface area (Å²) in [6, 6.07) is 10.6. The van der Waals surface area contributed by atoms with Crippen LogP contribution in [0.1, 0.15) is 15.9 Å². The number of nitrogens with two attached hydrogens (primary N) is 1. The Bertz CT molecular complexity index is 576. The number of aldehydes is 1. The summed E-state index contributed by atoms with van der Waals surface area (Å²) in [5.41, 5.74) is 9.01. The van der Waals surface area contributed by atoms with Gasteiger partial charge >= 0.3 is 0 Å². The van der Waals surface area contributed by atoms with Crippen molar-refractivity contribution in [3.8, 4) is 16.9 Å². The van der Waals surface area contributed by atoms with Gasteiger partial charge in [-0.1, -0.05) is 18.2 Å². The highest BCUT2D eigenvalue weighted by Crippen LogP contribution is 2.35. The van der Waals surface area contributed by atoms with Crippen LogP contribution in [0.15, 0.2) is 36.4 Å². The maximum absolute atomic E-state index is 10.7. The Morgan fingerprint density at radius 1 is 1.24 bits per heavy atom. The molecule has 86 valence electrons. The van der Waals surface area contributed by atoms with Gasteiger partial charge in [0, 0.05) is 11.1 Å². The zero-order valence-electron chi connectivity index (χ0n) is 9.47. The molecule has 0 aliphatic rings. The normalized spacial score (nSPS) is 10.2. The van der Waals surface area contributed by atoms with Crippen molar-refractivity contribution in [2.24, 2.45) is 0 Å². The molecule has 3 nitrogen and oxygen atoms in total. The monoisotopic (exact) mass is 227 g/mol. The lowest BCUT2D eigenvalue weighted by atomic mass is 10.00. The number of carbonyl (C=O) groups is 1. The molecule has 0 bridgehead atoms. The van der Waals surface area contributed by atoms with Crippen LogP contribution in [0.2, 0.25) is 0 Å². The number of carbonyl (C=O) groups excluding carboxylic acids is 1. The number of rotatable bonds is 2. The second kappa shape index (κ2) is 4.29. The molecule has 0 amide bonds. The number of aryl methyl sites for hydroxylation is 1. The van der Waals surface area contributed by atoms with Gasteiger partial charge in [-0.3, -0.25) is 4.79 Å². The van der Waals surface area contributed by atoms with E-state index in [1.807, 2.05) is 19.1 Å². The zero-order chi connectivity index (χ0) is 12.4. The van der Waals surface area contributed by atoms with Gasteiger partial charge in [-0.15, -0.1) is 0 Å². The fourth-order valence-electron chi connectivity index (χ4n) is 1.81. The molecule has 0 unspecified atom stereocenters. The number of phenols is 1. The quantitative estimate of drug-likeness (QED) is 0.471. The molecule has 0 atom stereocenters. The molecule has 2 aromatic rings. The summed E-state index contributed by atoms with van der Waals surface area (Å²) in [7, 11) is 0. The second-order valence-corrected chi connectivity index (χ2v) is 3.99. The molecular formula is C14H13NO2. The minimum atomic E-state index is 0.0543. The van der Waals surface area contributed by atoms with Crippen molar-refractivity contribution in [3.63, 3.8) is 0 Å². The third kappa shape index (κ3) is 2.13. The molecule has 0 aromatic heterocycles. The van der Waals surface area contributed by atoms with Crippen molar-refractivity contribution in [2.45, 2.75) is 6.92 Å². The molecule has 0 saturated carbocycles. The number of nitrogen functional groups attached to an aromatic ring is 1. The molecule has 2 aromatic carbocycles. The minimum Gasteiger partial charge on any atom is -0.505 e. The molecule has 0 fully saturated rings. The van der Waals surface area contributed by atoms with Crippen LogP contribution in [-0.2, 0) is 0 Å². The van der Waals surface area contributed by atoms with Gasteiger partial charge in [-0.2, -0.15) is 0 Å². The molecule has 3 heteroatoms. The van der Waals surface area contributed by atoms with E-state index in [-0.39, 0.29) is 5.75 Å². The van der Waals surface area contributed by atoms with Gasteiger partial charge in [0.1, 0.15) is 12.0 Å². The zero-order valence-corrected chi connectivity index (χ0v) is 9.47. The lowest BCUT2D eigenvalue weighted by molar-refractivity contribution is 0.112. The van der Waals surface area contributed by atoms with Gasteiger partial charge in [0.2, 0.25) is 0 Å². The smallest absolute Gasteiger partial charge is 0.150 e. The van der Waals surface area contributed by atoms with Crippen LogP contribution < -0.4 is 5.73 Å². The van der Waals surface area contributed by atoms with E-state index in [1.54, 1.807) is 24.3 Å². The van der Waals surface area contributed by atoms with Gasteiger partial charge < -0.3 is 10.8 Å². The van der Waals surface area contributed by atoms with Crippen molar-refractivity contribution in [1.29, 1.82) is 0 Å². The summed E-state index contributed by atoms with van der Waals surface area (Å²) in [6.45, 7) is 1.91. The van der Waals surface area contributed by atoms with Crippen molar-refractivity contribution in [3.05, 3.63) is 47.5 Å². The Morgan fingerprint density at radius 3 is 2.71 bits per heavy atom. The highest BCUT2D eigenvalue weighted by molar-refractivity contribution is 5.82. The Hall–Kier alpha value is -2.29. The number of anilines is 1. The number of benzene rings is 2.